The number of nitrogens with one attached hydrogen (secondary N) is 1. The molecule has 0 aromatic carbocycles. The van der Waals surface area contributed by atoms with E-state index < -0.39 is 17.3 Å². The van der Waals surface area contributed by atoms with E-state index in [-0.39, 0.29) is 30.4 Å². The van der Waals surface area contributed by atoms with E-state index in [4.69, 9.17) is 5.11 Å². The van der Waals surface area contributed by atoms with Gasteiger partial charge in [0, 0.05) is 43.9 Å². The first-order valence-corrected chi connectivity index (χ1v) is 11.8. The van der Waals surface area contributed by atoms with Crippen molar-refractivity contribution in [3.63, 3.8) is 0 Å². The summed E-state index contributed by atoms with van der Waals surface area (Å²) in [6.45, 7) is 11.3. The first-order valence-electron chi connectivity index (χ1n) is 11.8. The zero-order chi connectivity index (χ0) is 24.6. The largest absolute Gasteiger partial charge is 0.396 e. The number of carbonyl (C=O) groups is 2. The van der Waals surface area contributed by atoms with Gasteiger partial charge in [0.25, 0.3) is 5.91 Å². The van der Waals surface area contributed by atoms with Crippen molar-refractivity contribution in [2.45, 2.75) is 51.7 Å². The number of amides is 3. The van der Waals surface area contributed by atoms with Crippen molar-refractivity contribution in [1.29, 1.82) is 0 Å². The highest BCUT2D eigenvalue weighted by molar-refractivity contribution is 6.14. The van der Waals surface area contributed by atoms with Gasteiger partial charge in [0.1, 0.15) is 17.3 Å². The van der Waals surface area contributed by atoms with E-state index in [1.807, 2.05) is 23.6 Å². The highest BCUT2D eigenvalue weighted by atomic mass is 19.1. The van der Waals surface area contributed by atoms with Crippen molar-refractivity contribution in [3.05, 3.63) is 41.0 Å². The van der Waals surface area contributed by atoms with Gasteiger partial charge in [-0.05, 0) is 51.8 Å². The molecule has 1 saturated heterocycles. The molecule has 0 radical (unpaired) electrons. The lowest BCUT2D eigenvalue weighted by Crippen LogP contribution is -2.62. The van der Waals surface area contributed by atoms with E-state index in [2.05, 4.69) is 34.0 Å². The first-order chi connectivity index (χ1) is 16.1. The van der Waals surface area contributed by atoms with Crippen molar-refractivity contribution in [2.24, 2.45) is 4.99 Å². The molecule has 10 heteroatoms. The zero-order valence-electron chi connectivity index (χ0n) is 20.2. The third kappa shape index (κ3) is 4.44. The number of nitrogens with zero attached hydrogens (tertiary/aromatic N) is 5. The van der Waals surface area contributed by atoms with Gasteiger partial charge in [0.15, 0.2) is 0 Å². The summed E-state index contributed by atoms with van der Waals surface area (Å²) in [6, 6.07) is 2.75. The zero-order valence-corrected chi connectivity index (χ0v) is 20.2. The second-order valence-corrected chi connectivity index (χ2v) is 9.79. The minimum absolute atomic E-state index is 0.0218. The van der Waals surface area contributed by atoms with Crippen LogP contribution in [0.4, 0.5) is 9.18 Å². The Hall–Kier alpha value is -2.85. The molecule has 34 heavy (non-hydrogen) atoms. The first kappa shape index (κ1) is 24.3. The van der Waals surface area contributed by atoms with Gasteiger partial charge in [0.2, 0.25) is 0 Å². The fourth-order valence-electron chi connectivity index (χ4n) is 5.05. The molecule has 4 heterocycles. The van der Waals surface area contributed by atoms with Gasteiger partial charge in [0.05, 0.1) is 24.8 Å². The number of aliphatic hydroxyl groups excluding tert-OH is 1. The summed E-state index contributed by atoms with van der Waals surface area (Å²) in [5.41, 5.74) is 1.44. The topological polar surface area (TPSA) is 101 Å². The summed E-state index contributed by atoms with van der Waals surface area (Å²) >= 11 is 0. The average Bonchev–Trinajstić information content (AvgIpc) is 3.32. The van der Waals surface area contributed by atoms with Crippen LogP contribution < -0.4 is 5.32 Å². The van der Waals surface area contributed by atoms with E-state index in [0.717, 1.165) is 36.9 Å². The quantitative estimate of drug-likeness (QED) is 0.694. The molecule has 4 rings (SSSR count). The lowest BCUT2D eigenvalue weighted by molar-refractivity contribution is 0.0399. The maximum Gasteiger partial charge on any atom is 0.321 e. The molecule has 9 nitrogen and oxygen atoms in total. The molecule has 2 atom stereocenters. The fourth-order valence-corrected chi connectivity index (χ4v) is 5.05. The Morgan fingerprint density at radius 3 is 2.68 bits per heavy atom. The predicted molar refractivity (Wildman–Crippen MR) is 126 cm³/mol. The molecule has 0 bridgehead atoms. The van der Waals surface area contributed by atoms with Crippen LogP contribution in [0.1, 0.15) is 44.6 Å². The maximum absolute atomic E-state index is 13.7. The number of aliphatic hydroxyl groups is 1. The number of aromatic nitrogens is 1. The van der Waals surface area contributed by atoms with E-state index in [1.54, 1.807) is 0 Å². The summed E-state index contributed by atoms with van der Waals surface area (Å²) in [5.74, 6) is -0.523. The van der Waals surface area contributed by atoms with Crippen LogP contribution in [-0.2, 0) is 0 Å². The number of rotatable bonds is 4. The third-order valence-corrected chi connectivity index (χ3v) is 7.16. The molecule has 1 aromatic rings. The maximum atomic E-state index is 13.7. The lowest BCUT2D eigenvalue weighted by atomic mass is 9.94. The standard InChI is InChI=1S/C24H33FN6O3/c1-15-13-30(16(2)12-29(15)8-5-9-32)23(34)31-14-18-19(24(31,3)4)11-27-21(18)28-22(33)20-7-6-17(25)10-26-20/h6-7,10,15-16,32H,5,8-9,11-14H2,1-4H3,(H,27,28,33)/t15-,16+/m1/s1. The van der Waals surface area contributed by atoms with Crippen molar-refractivity contribution >= 4 is 17.8 Å². The Kier molecular flexibility index (Phi) is 6.73. The molecule has 0 aliphatic carbocycles. The molecule has 0 saturated carbocycles. The average molecular weight is 473 g/mol. The van der Waals surface area contributed by atoms with Gasteiger partial charge in [-0.15, -0.1) is 0 Å². The number of halogens is 1. The second kappa shape index (κ2) is 9.42. The van der Waals surface area contributed by atoms with E-state index in [9.17, 15) is 14.0 Å². The smallest absolute Gasteiger partial charge is 0.321 e. The van der Waals surface area contributed by atoms with E-state index in [0.29, 0.717) is 25.5 Å². The van der Waals surface area contributed by atoms with Crippen LogP contribution in [0.15, 0.2) is 34.5 Å². The number of pyridine rings is 1. The third-order valence-electron chi connectivity index (χ3n) is 7.16. The Morgan fingerprint density at radius 1 is 1.24 bits per heavy atom. The molecule has 0 unspecified atom stereocenters. The number of urea groups is 1. The molecule has 3 amide bonds. The normalized spacial score (nSPS) is 24.4. The summed E-state index contributed by atoms with van der Waals surface area (Å²) in [4.78, 5) is 40.7. The van der Waals surface area contributed by atoms with Gasteiger partial charge in [-0.1, -0.05) is 0 Å². The molecule has 1 fully saturated rings. The lowest BCUT2D eigenvalue weighted by Gasteiger charge is -2.47. The van der Waals surface area contributed by atoms with Crippen LogP contribution in [0.2, 0.25) is 0 Å². The Labute approximate surface area is 199 Å². The Morgan fingerprint density at radius 2 is 2.00 bits per heavy atom. The van der Waals surface area contributed by atoms with Gasteiger partial charge >= 0.3 is 6.03 Å². The predicted octanol–water partition coefficient (Wildman–Crippen LogP) is 1.65. The number of amidine groups is 1. The molecule has 0 spiro atoms. The highest BCUT2D eigenvalue weighted by Gasteiger charge is 2.48. The van der Waals surface area contributed by atoms with Gasteiger partial charge in [-0.25, -0.2) is 14.2 Å². The summed E-state index contributed by atoms with van der Waals surface area (Å²) in [5, 5.41) is 12.0. The summed E-state index contributed by atoms with van der Waals surface area (Å²) < 4.78 is 13.1. The van der Waals surface area contributed by atoms with Crippen LogP contribution >= 0.6 is 0 Å². The van der Waals surface area contributed by atoms with Crippen molar-refractivity contribution in [1.82, 2.24) is 25.0 Å². The van der Waals surface area contributed by atoms with Crippen molar-refractivity contribution < 1.29 is 19.1 Å². The number of hydrogen-bond acceptors (Lipinski definition) is 6. The van der Waals surface area contributed by atoms with Gasteiger partial charge in [-0.3, -0.25) is 14.7 Å². The Balaban J connectivity index is 1.45. The second-order valence-electron chi connectivity index (χ2n) is 9.79. The molecule has 3 aliphatic rings. The fraction of sp³-hybridized carbons (Fsp3) is 0.583. The minimum atomic E-state index is -0.534. The Bertz CT molecular complexity index is 1020. The summed E-state index contributed by atoms with van der Waals surface area (Å²) in [6.07, 6.45) is 1.73. The number of piperazine rings is 1. The van der Waals surface area contributed by atoms with Crippen LogP contribution in [0, 0.1) is 5.82 Å². The molecular weight excluding hydrogens is 439 g/mol. The molecule has 1 aromatic heterocycles. The van der Waals surface area contributed by atoms with Gasteiger partial charge < -0.3 is 20.2 Å². The molecule has 2 N–H and O–H groups in total. The monoisotopic (exact) mass is 472 g/mol. The van der Waals surface area contributed by atoms with Crippen molar-refractivity contribution in [3.8, 4) is 0 Å². The molecule has 3 aliphatic heterocycles. The van der Waals surface area contributed by atoms with Crippen LogP contribution in [0.3, 0.4) is 0 Å². The SMILES string of the molecule is C[C@@H]1CN(C(=O)N2CC3=C(CN=C3NC(=O)c3ccc(F)cn3)C2(C)C)[C@@H](C)CN1CCCO. The van der Waals surface area contributed by atoms with Crippen LogP contribution in [0.5, 0.6) is 0 Å². The van der Waals surface area contributed by atoms with E-state index in [1.165, 1.54) is 12.1 Å². The van der Waals surface area contributed by atoms with Crippen LogP contribution in [0.25, 0.3) is 0 Å². The summed E-state index contributed by atoms with van der Waals surface area (Å²) in [7, 11) is 0. The van der Waals surface area contributed by atoms with Gasteiger partial charge in [-0.2, -0.15) is 0 Å². The van der Waals surface area contributed by atoms with Crippen LogP contribution in [-0.4, -0.2) is 99.5 Å². The molecular formula is C24H33FN6O3. The van der Waals surface area contributed by atoms with Crippen molar-refractivity contribution in [2.75, 3.05) is 39.3 Å². The minimum Gasteiger partial charge on any atom is -0.396 e. The number of aliphatic imine (C=N–C) groups is 1. The number of hydrogen-bond donors (Lipinski definition) is 2. The highest BCUT2D eigenvalue weighted by Crippen LogP contribution is 2.39. The van der Waals surface area contributed by atoms with E-state index >= 15 is 0 Å². The number of carbonyl (C=O) groups excluding carboxylic acids is 2. The molecule has 184 valence electrons.